The van der Waals surface area contributed by atoms with Crippen molar-refractivity contribution in [2.75, 3.05) is 26.1 Å². The molecule has 12 heteroatoms. The zero-order valence-corrected chi connectivity index (χ0v) is 30.8. The number of hydrogen-bond acceptors (Lipinski definition) is 11. The normalized spacial score (nSPS) is 36.3. The van der Waals surface area contributed by atoms with Crippen molar-refractivity contribution < 1.29 is 48.0 Å². The van der Waals surface area contributed by atoms with Crippen LogP contribution in [0.15, 0.2) is 71.9 Å². The van der Waals surface area contributed by atoms with Gasteiger partial charge < -0.3 is 39.0 Å². The number of carbonyl (C=O) groups is 4. The number of hydrogen-bond donors (Lipinski definition) is 2. The summed E-state index contributed by atoms with van der Waals surface area (Å²) in [5.41, 5.74) is 2.12. The summed E-state index contributed by atoms with van der Waals surface area (Å²) in [5.74, 6) is -5.05. The van der Waals surface area contributed by atoms with Crippen molar-refractivity contribution >= 4 is 29.5 Å². The second-order valence-corrected chi connectivity index (χ2v) is 14.9. The predicted octanol–water partition coefficient (Wildman–Crippen LogP) is 3.58. The predicted molar refractivity (Wildman–Crippen MR) is 190 cm³/mol. The van der Waals surface area contributed by atoms with E-state index in [1.807, 2.05) is 94.4 Å². The maximum atomic E-state index is 13.7. The lowest BCUT2D eigenvalue weighted by Gasteiger charge is -2.49. The van der Waals surface area contributed by atoms with Gasteiger partial charge in [-0.25, -0.2) is 14.4 Å². The lowest BCUT2D eigenvalue weighted by Crippen LogP contribution is -2.57. The molecule has 1 aromatic carbocycles. The van der Waals surface area contributed by atoms with Gasteiger partial charge >= 0.3 is 23.8 Å². The summed E-state index contributed by atoms with van der Waals surface area (Å²) in [5, 5.41) is 14.6. The maximum Gasteiger partial charge on any atom is 0.397 e. The lowest BCUT2D eigenvalue weighted by atomic mass is 9.57. The van der Waals surface area contributed by atoms with Crippen molar-refractivity contribution in [1.82, 2.24) is 5.32 Å². The molecular formula is C40H50N2O10. The maximum absolute atomic E-state index is 13.7. The van der Waals surface area contributed by atoms with Crippen LogP contribution in [0, 0.1) is 29.6 Å². The molecule has 2 fully saturated rings. The number of nitrogens with one attached hydrogen (secondary N) is 1. The minimum atomic E-state index is -1.10. The third-order valence-electron chi connectivity index (χ3n) is 11.5. The minimum absolute atomic E-state index is 0.128. The van der Waals surface area contributed by atoms with Gasteiger partial charge in [-0.15, -0.1) is 0 Å². The largest absolute Gasteiger partial charge is 0.456 e. The van der Waals surface area contributed by atoms with Crippen molar-refractivity contribution in [1.29, 1.82) is 0 Å². The second kappa shape index (κ2) is 15.0. The molecule has 12 atom stereocenters. The summed E-state index contributed by atoms with van der Waals surface area (Å²) in [6, 6.07) is 7.55. The Morgan fingerprint density at radius 2 is 1.87 bits per heavy atom. The summed E-state index contributed by atoms with van der Waals surface area (Å²) >= 11 is 0. The molecule has 1 aromatic rings. The van der Waals surface area contributed by atoms with Crippen LogP contribution in [0.25, 0.3) is 0 Å². The van der Waals surface area contributed by atoms with Gasteiger partial charge in [0.2, 0.25) is 0 Å². The Morgan fingerprint density at radius 3 is 2.52 bits per heavy atom. The zero-order valence-electron chi connectivity index (χ0n) is 30.8. The molecule has 1 saturated carbocycles. The highest BCUT2D eigenvalue weighted by Gasteiger charge is 2.69. The van der Waals surface area contributed by atoms with Crippen molar-refractivity contribution in [2.24, 2.45) is 29.6 Å². The summed E-state index contributed by atoms with van der Waals surface area (Å²) in [4.78, 5) is 54.6. The number of nitrogens with zero attached hydrogens (tertiary/aromatic N) is 1. The summed E-state index contributed by atoms with van der Waals surface area (Å²) in [7, 11) is 5.28. The fourth-order valence-corrected chi connectivity index (χ4v) is 8.74. The number of allylic oxidation sites excluding steroid dienone is 3. The van der Waals surface area contributed by atoms with Crippen LogP contribution >= 0.6 is 0 Å². The van der Waals surface area contributed by atoms with Crippen LogP contribution in [0.5, 0.6) is 0 Å². The van der Waals surface area contributed by atoms with Crippen LogP contribution in [0.2, 0.25) is 0 Å². The van der Waals surface area contributed by atoms with Crippen molar-refractivity contribution in [3.05, 3.63) is 77.4 Å². The van der Waals surface area contributed by atoms with Gasteiger partial charge in [-0.3, -0.25) is 4.79 Å². The lowest BCUT2D eigenvalue weighted by molar-refractivity contribution is -0.180. The summed E-state index contributed by atoms with van der Waals surface area (Å²) in [6.45, 7) is 7.36. The Balaban J connectivity index is 1.23. The van der Waals surface area contributed by atoms with E-state index in [1.54, 1.807) is 13.0 Å². The average molecular weight is 719 g/mol. The van der Waals surface area contributed by atoms with E-state index in [1.165, 1.54) is 7.11 Å². The van der Waals surface area contributed by atoms with E-state index in [2.05, 4.69) is 5.32 Å². The third kappa shape index (κ3) is 6.83. The average Bonchev–Trinajstić information content (AvgIpc) is 3.73. The topological polar surface area (TPSA) is 150 Å². The number of ether oxygens (including phenoxy) is 5. The van der Waals surface area contributed by atoms with Crippen LogP contribution in [0.3, 0.4) is 0 Å². The molecule has 2 heterocycles. The van der Waals surface area contributed by atoms with Crippen molar-refractivity contribution in [2.45, 2.75) is 89.3 Å². The van der Waals surface area contributed by atoms with Gasteiger partial charge in [0.25, 0.3) is 0 Å². The van der Waals surface area contributed by atoms with E-state index in [4.69, 9.17) is 23.7 Å². The Bertz CT molecular complexity index is 1680. The molecule has 5 aliphatic rings. The molecule has 0 radical (unpaired) electrons. The SMILES string of the molecule is CO[C@H]1C[C@H]2C=CC3C4C(O)[C@@H](C)[C@@H](OC(=O)C5=CC=CC5)[C@@H]3O[C@]42/C(C)=C/[C@@H](C)[C@@H]([C@@H](C)OC(=O)C(=O)NCc2ccc(N(C)C)cc2)OC1=O. The first-order valence-corrected chi connectivity index (χ1v) is 18.0. The number of cyclic esters (lactones) is 1. The molecule has 1 spiro atoms. The molecule has 6 rings (SSSR count). The number of benzene rings is 1. The highest BCUT2D eigenvalue weighted by molar-refractivity contribution is 6.32. The standard InChI is InChI=1S/C40H50N2O10/c1-21-18-22(2)40-27(14-17-29-31(40)32(43)23(3)34(35(29)52-40)51-37(45)26-10-8-9-11-26)19-30(48-7)38(46)50-33(21)24(4)49-39(47)36(44)41-20-25-12-15-28(16-13-25)42(5)6/h8-10,12-18,21,23-24,27,29-35,43H,11,19-20H2,1-7H3,(H,41,44)/b22-18+/t21-,23-,24-,27-,29?,30+,31?,32?,33+,34-,35-,40+/m1/s1. The van der Waals surface area contributed by atoms with E-state index in [0.29, 0.717) is 12.0 Å². The molecule has 0 aromatic heterocycles. The van der Waals surface area contributed by atoms with E-state index in [-0.39, 0.29) is 24.8 Å². The smallest absolute Gasteiger partial charge is 0.397 e. The van der Waals surface area contributed by atoms with E-state index in [9.17, 15) is 24.3 Å². The number of aliphatic hydroxyl groups is 1. The van der Waals surface area contributed by atoms with Gasteiger partial charge in [-0.05, 0) is 50.0 Å². The van der Waals surface area contributed by atoms with E-state index >= 15 is 0 Å². The fourth-order valence-electron chi connectivity index (χ4n) is 8.74. The van der Waals surface area contributed by atoms with E-state index in [0.717, 1.165) is 16.8 Å². The molecule has 4 bridgehead atoms. The molecule has 1 saturated heterocycles. The highest BCUT2D eigenvalue weighted by Crippen LogP contribution is 2.61. The van der Waals surface area contributed by atoms with Crippen LogP contribution < -0.4 is 10.2 Å². The first-order valence-electron chi connectivity index (χ1n) is 18.0. The van der Waals surface area contributed by atoms with Gasteiger partial charge in [0, 0.05) is 68.6 Å². The first-order chi connectivity index (χ1) is 24.8. The summed E-state index contributed by atoms with van der Waals surface area (Å²) in [6.07, 6.45) is 6.97. The van der Waals surface area contributed by atoms with Crippen LogP contribution in [0.1, 0.15) is 46.1 Å². The number of amides is 1. The summed E-state index contributed by atoms with van der Waals surface area (Å²) < 4.78 is 30.4. The van der Waals surface area contributed by atoms with Gasteiger partial charge in [-0.1, -0.05) is 62.4 Å². The highest BCUT2D eigenvalue weighted by atomic mass is 16.6. The van der Waals surface area contributed by atoms with Crippen molar-refractivity contribution in [3.63, 3.8) is 0 Å². The monoisotopic (exact) mass is 718 g/mol. The Morgan fingerprint density at radius 1 is 1.13 bits per heavy atom. The van der Waals surface area contributed by atoms with Gasteiger partial charge in [0.05, 0.1) is 6.10 Å². The molecule has 52 heavy (non-hydrogen) atoms. The van der Waals surface area contributed by atoms with E-state index < -0.39 is 83.8 Å². The molecule has 2 N–H and O–H groups in total. The Kier molecular flexibility index (Phi) is 10.8. The Hall–Kier alpha value is -4.26. The van der Waals surface area contributed by atoms with Gasteiger partial charge in [-0.2, -0.15) is 0 Å². The molecule has 12 nitrogen and oxygen atoms in total. The molecule has 3 aliphatic carbocycles. The molecular weight excluding hydrogens is 668 g/mol. The van der Waals surface area contributed by atoms with Gasteiger partial charge in [0.15, 0.2) is 6.10 Å². The number of carbonyl (C=O) groups excluding carboxylic acids is 4. The molecule has 280 valence electrons. The second-order valence-electron chi connectivity index (χ2n) is 14.9. The van der Waals surface area contributed by atoms with Crippen LogP contribution in [0.4, 0.5) is 5.69 Å². The first kappa shape index (κ1) is 37.5. The zero-order chi connectivity index (χ0) is 37.5. The third-order valence-corrected chi connectivity index (χ3v) is 11.5. The number of aliphatic hydroxyl groups excluding tert-OH is 1. The number of rotatable bonds is 8. The number of anilines is 1. The van der Waals surface area contributed by atoms with Gasteiger partial charge in [0.1, 0.15) is 30.0 Å². The molecule has 1 amide bonds. The number of methoxy groups -OCH3 is 1. The molecule has 2 aliphatic heterocycles. The quantitative estimate of drug-likeness (QED) is 0.176. The van der Waals surface area contributed by atoms with Crippen molar-refractivity contribution in [3.8, 4) is 0 Å². The molecule has 3 unspecified atom stereocenters. The minimum Gasteiger partial charge on any atom is -0.456 e. The number of esters is 3. The fraction of sp³-hybridized carbons (Fsp3) is 0.550. The van der Waals surface area contributed by atoms with Crippen LogP contribution in [-0.2, 0) is 49.4 Å². The van der Waals surface area contributed by atoms with Crippen LogP contribution in [-0.4, -0.2) is 92.4 Å². The Labute approximate surface area is 304 Å².